The standard InChI is InChI=1S/C12H16FNO4S/c1-2-3-4-11(12(15)16)14-19(17,18)10-7-5-9(13)6-8-10/h5-8,11,14H,2-4H2,1H3,(H,15,16)/p-1/t11-/m1/s1. The summed E-state index contributed by atoms with van der Waals surface area (Å²) in [5, 5.41) is 10.9. The lowest BCUT2D eigenvalue weighted by Crippen LogP contribution is -2.47. The number of carboxylic acid groups (broad SMARTS) is 1. The van der Waals surface area contributed by atoms with Crippen LogP contribution < -0.4 is 9.83 Å². The van der Waals surface area contributed by atoms with Crippen LogP contribution in [0.5, 0.6) is 0 Å². The molecule has 0 radical (unpaired) electrons. The summed E-state index contributed by atoms with van der Waals surface area (Å²) >= 11 is 0. The molecule has 0 unspecified atom stereocenters. The highest BCUT2D eigenvalue weighted by Gasteiger charge is 2.20. The Labute approximate surface area is 111 Å². The molecule has 0 aliphatic rings. The summed E-state index contributed by atoms with van der Waals surface area (Å²) in [6.45, 7) is 1.86. The number of sulfonamides is 1. The number of hydrogen-bond acceptors (Lipinski definition) is 4. The van der Waals surface area contributed by atoms with Gasteiger partial charge in [0, 0.05) is 0 Å². The van der Waals surface area contributed by atoms with E-state index in [2.05, 4.69) is 4.72 Å². The number of hydrogen-bond donors (Lipinski definition) is 1. The topological polar surface area (TPSA) is 86.3 Å². The quantitative estimate of drug-likeness (QED) is 0.787. The fraction of sp³-hybridized carbons (Fsp3) is 0.417. The van der Waals surface area contributed by atoms with Crippen molar-refractivity contribution in [2.24, 2.45) is 0 Å². The van der Waals surface area contributed by atoms with Crippen LogP contribution in [0.1, 0.15) is 26.2 Å². The van der Waals surface area contributed by atoms with Crippen molar-refractivity contribution < 1.29 is 22.7 Å². The van der Waals surface area contributed by atoms with E-state index < -0.39 is 27.9 Å². The molecule has 5 nitrogen and oxygen atoms in total. The Bertz CT molecular complexity index is 527. The number of rotatable bonds is 7. The van der Waals surface area contributed by atoms with E-state index in [1.54, 1.807) is 0 Å². The maximum atomic E-state index is 12.7. The molecule has 7 heteroatoms. The van der Waals surface area contributed by atoms with Crippen molar-refractivity contribution in [1.29, 1.82) is 0 Å². The van der Waals surface area contributed by atoms with Gasteiger partial charge in [-0.1, -0.05) is 19.8 Å². The van der Waals surface area contributed by atoms with Crippen LogP contribution in [0.15, 0.2) is 29.2 Å². The molecule has 0 fully saturated rings. The highest BCUT2D eigenvalue weighted by Crippen LogP contribution is 2.11. The summed E-state index contributed by atoms with van der Waals surface area (Å²) in [7, 11) is -3.99. The van der Waals surface area contributed by atoms with E-state index in [0.717, 1.165) is 30.7 Å². The van der Waals surface area contributed by atoms with Crippen LogP contribution in [-0.2, 0) is 14.8 Å². The van der Waals surface area contributed by atoms with E-state index in [1.165, 1.54) is 0 Å². The first-order valence-electron chi connectivity index (χ1n) is 5.85. The van der Waals surface area contributed by atoms with E-state index in [4.69, 9.17) is 0 Å². The van der Waals surface area contributed by atoms with Gasteiger partial charge >= 0.3 is 0 Å². The maximum absolute atomic E-state index is 12.7. The first kappa shape index (κ1) is 15.6. The molecule has 0 saturated carbocycles. The maximum Gasteiger partial charge on any atom is 0.241 e. The summed E-state index contributed by atoms with van der Waals surface area (Å²) in [6, 6.07) is 2.85. The van der Waals surface area contributed by atoms with Gasteiger partial charge in [0.25, 0.3) is 0 Å². The SMILES string of the molecule is CCCC[C@@H](NS(=O)(=O)c1ccc(F)cc1)C(=O)[O-]. The number of carbonyl (C=O) groups excluding carboxylic acids is 1. The lowest BCUT2D eigenvalue weighted by atomic mass is 10.1. The first-order chi connectivity index (χ1) is 8.86. The summed E-state index contributed by atoms with van der Waals surface area (Å²) in [6.07, 6.45) is 1.45. The molecule has 1 N–H and O–H groups in total. The second-order valence-corrected chi connectivity index (χ2v) is 5.80. The molecule has 0 aliphatic carbocycles. The van der Waals surface area contributed by atoms with Crippen LogP contribution in [0, 0.1) is 5.82 Å². The van der Waals surface area contributed by atoms with Gasteiger partial charge < -0.3 is 9.90 Å². The normalized spacial score (nSPS) is 13.2. The molecule has 106 valence electrons. The number of nitrogens with one attached hydrogen (secondary N) is 1. The minimum atomic E-state index is -3.99. The summed E-state index contributed by atoms with van der Waals surface area (Å²) < 4.78 is 38.6. The third-order valence-corrected chi connectivity index (χ3v) is 4.04. The smallest absolute Gasteiger partial charge is 0.241 e. The molecule has 0 saturated heterocycles. The number of unbranched alkanes of at least 4 members (excludes halogenated alkanes) is 1. The van der Waals surface area contributed by atoms with Crippen molar-refractivity contribution in [2.75, 3.05) is 0 Å². The third kappa shape index (κ3) is 4.60. The van der Waals surface area contributed by atoms with E-state index in [1.807, 2.05) is 6.92 Å². The van der Waals surface area contributed by atoms with E-state index in [9.17, 15) is 22.7 Å². The van der Waals surface area contributed by atoms with E-state index in [-0.39, 0.29) is 11.3 Å². The van der Waals surface area contributed by atoms with Crippen molar-refractivity contribution in [3.63, 3.8) is 0 Å². The van der Waals surface area contributed by atoms with Crippen molar-refractivity contribution in [3.05, 3.63) is 30.1 Å². The van der Waals surface area contributed by atoms with Crippen molar-refractivity contribution >= 4 is 16.0 Å². The highest BCUT2D eigenvalue weighted by molar-refractivity contribution is 7.89. The Morgan fingerprint density at radius 2 is 1.95 bits per heavy atom. The molecule has 0 amide bonds. The van der Waals surface area contributed by atoms with Gasteiger partial charge in [-0.15, -0.1) is 0 Å². The van der Waals surface area contributed by atoms with E-state index in [0.29, 0.717) is 6.42 Å². The summed E-state index contributed by atoms with van der Waals surface area (Å²) in [5.41, 5.74) is 0. The molecule has 0 heterocycles. The van der Waals surface area contributed by atoms with Crippen LogP contribution in [0.2, 0.25) is 0 Å². The largest absolute Gasteiger partial charge is 0.548 e. The van der Waals surface area contributed by atoms with Gasteiger partial charge in [-0.2, -0.15) is 0 Å². The van der Waals surface area contributed by atoms with Crippen LogP contribution in [0.3, 0.4) is 0 Å². The molecule has 19 heavy (non-hydrogen) atoms. The van der Waals surface area contributed by atoms with Gasteiger partial charge in [0.2, 0.25) is 10.0 Å². The predicted octanol–water partition coefficient (Wildman–Crippen LogP) is 0.413. The third-order valence-electron chi connectivity index (χ3n) is 2.55. The van der Waals surface area contributed by atoms with Crippen LogP contribution in [-0.4, -0.2) is 20.4 Å². The lowest BCUT2D eigenvalue weighted by molar-refractivity contribution is -0.308. The average Bonchev–Trinajstić information content (AvgIpc) is 2.34. The van der Waals surface area contributed by atoms with Crippen molar-refractivity contribution in [2.45, 2.75) is 37.1 Å². The molecule has 0 aliphatic heterocycles. The summed E-state index contributed by atoms with van der Waals surface area (Å²) in [4.78, 5) is 10.7. The Kier molecular flexibility index (Phi) is 5.44. The van der Waals surface area contributed by atoms with Gasteiger partial charge in [-0.3, -0.25) is 0 Å². The van der Waals surface area contributed by atoms with Crippen LogP contribution >= 0.6 is 0 Å². The molecule has 1 atom stereocenters. The average molecular weight is 288 g/mol. The molecule has 0 spiro atoms. The zero-order chi connectivity index (χ0) is 14.5. The van der Waals surface area contributed by atoms with Crippen molar-refractivity contribution in [3.8, 4) is 0 Å². The zero-order valence-electron chi connectivity index (χ0n) is 10.4. The van der Waals surface area contributed by atoms with E-state index >= 15 is 0 Å². The second kappa shape index (κ2) is 6.63. The Morgan fingerprint density at radius 1 is 1.37 bits per heavy atom. The first-order valence-corrected chi connectivity index (χ1v) is 7.34. The second-order valence-electron chi connectivity index (χ2n) is 4.09. The minimum absolute atomic E-state index is 0.152. The Morgan fingerprint density at radius 3 is 2.42 bits per heavy atom. The number of carboxylic acids is 1. The fourth-order valence-corrected chi connectivity index (χ4v) is 2.72. The number of halogens is 1. The summed E-state index contributed by atoms with van der Waals surface area (Å²) in [5.74, 6) is -2.04. The highest BCUT2D eigenvalue weighted by atomic mass is 32.2. The number of benzene rings is 1. The molecule has 1 aromatic rings. The molecule has 0 aromatic heterocycles. The van der Waals surface area contributed by atoms with Crippen LogP contribution in [0.4, 0.5) is 4.39 Å². The molecular weight excluding hydrogens is 273 g/mol. The number of aliphatic carboxylic acids is 1. The zero-order valence-corrected chi connectivity index (χ0v) is 11.2. The fourth-order valence-electron chi connectivity index (χ4n) is 1.50. The van der Waals surface area contributed by atoms with Gasteiger partial charge in [0.15, 0.2) is 0 Å². The Balaban J connectivity index is 2.87. The lowest BCUT2D eigenvalue weighted by Gasteiger charge is -2.19. The van der Waals surface area contributed by atoms with Gasteiger partial charge in [0.1, 0.15) is 5.82 Å². The molecular formula is C12H15FNO4S-. The Hall–Kier alpha value is -1.47. The van der Waals surface area contributed by atoms with Gasteiger partial charge in [-0.05, 0) is 30.7 Å². The van der Waals surface area contributed by atoms with Crippen molar-refractivity contribution in [1.82, 2.24) is 4.72 Å². The molecule has 0 bridgehead atoms. The molecule has 1 aromatic carbocycles. The minimum Gasteiger partial charge on any atom is -0.548 e. The monoisotopic (exact) mass is 288 g/mol. The van der Waals surface area contributed by atoms with Gasteiger partial charge in [-0.25, -0.2) is 17.5 Å². The molecule has 1 rings (SSSR count). The number of carbonyl (C=O) groups is 1. The predicted molar refractivity (Wildman–Crippen MR) is 65.0 cm³/mol. The van der Waals surface area contributed by atoms with Gasteiger partial charge in [0.05, 0.1) is 16.9 Å². The van der Waals surface area contributed by atoms with Crippen LogP contribution in [0.25, 0.3) is 0 Å².